The van der Waals surface area contributed by atoms with Gasteiger partial charge in [-0.1, -0.05) is 0 Å². The van der Waals surface area contributed by atoms with Crippen molar-refractivity contribution in [2.45, 2.75) is 24.6 Å². The van der Waals surface area contributed by atoms with Crippen LogP contribution in [-0.4, -0.2) is 30.0 Å². The van der Waals surface area contributed by atoms with E-state index in [1.165, 1.54) is 6.20 Å². The minimum absolute atomic E-state index is 0.166. The molecule has 0 radical (unpaired) electrons. The molecule has 15 heavy (non-hydrogen) atoms. The Bertz CT molecular complexity index is 435. The second-order valence-corrected chi connectivity index (χ2v) is 5.72. The van der Waals surface area contributed by atoms with E-state index >= 15 is 0 Å². The molecule has 0 unspecified atom stereocenters. The van der Waals surface area contributed by atoms with Gasteiger partial charge in [-0.05, 0) is 12.8 Å². The van der Waals surface area contributed by atoms with E-state index in [1.807, 2.05) is 0 Å². The monoisotopic (exact) mass is 230 g/mol. The van der Waals surface area contributed by atoms with Gasteiger partial charge in [0.25, 0.3) is 0 Å². The van der Waals surface area contributed by atoms with Crippen molar-refractivity contribution < 1.29 is 8.42 Å². The highest BCUT2D eigenvalue weighted by atomic mass is 32.2. The van der Waals surface area contributed by atoms with Crippen molar-refractivity contribution in [3.05, 3.63) is 12.4 Å². The number of nitrogens with two attached hydrogens (primary N) is 1. The van der Waals surface area contributed by atoms with Gasteiger partial charge in [-0.2, -0.15) is 5.10 Å². The Morgan fingerprint density at radius 1 is 1.60 bits per heavy atom. The number of nitrogens with zero attached hydrogens (tertiary/aromatic N) is 2. The lowest BCUT2D eigenvalue weighted by Crippen LogP contribution is -2.30. The Kier molecular flexibility index (Phi) is 2.66. The highest BCUT2D eigenvalue weighted by Crippen LogP contribution is 2.27. The zero-order chi connectivity index (χ0) is 10.9. The lowest BCUT2D eigenvalue weighted by atomic mass is 10.6. The van der Waals surface area contributed by atoms with Crippen molar-refractivity contribution in [1.29, 1.82) is 0 Å². The fourth-order valence-electron chi connectivity index (χ4n) is 1.30. The quantitative estimate of drug-likeness (QED) is 0.716. The van der Waals surface area contributed by atoms with Crippen LogP contribution in [0.5, 0.6) is 0 Å². The van der Waals surface area contributed by atoms with Gasteiger partial charge in [-0.15, -0.1) is 0 Å². The first kappa shape index (κ1) is 10.4. The first-order chi connectivity index (χ1) is 7.08. The third-order valence-corrected chi connectivity index (χ3v) is 4.22. The third-order valence-electron chi connectivity index (χ3n) is 2.26. The van der Waals surface area contributed by atoms with E-state index in [9.17, 15) is 8.42 Å². The average molecular weight is 230 g/mol. The van der Waals surface area contributed by atoms with Crippen LogP contribution in [0.4, 0.5) is 5.69 Å². The SMILES string of the molecule is Nc1cnn(CCNS(=O)(=O)C2CC2)c1. The van der Waals surface area contributed by atoms with Crippen molar-refractivity contribution in [3.63, 3.8) is 0 Å². The van der Waals surface area contributed by atoms with Crippen molar-refractivity contribution >= 4 is 15.7 Å². The molecule has 1 saturated carbocycles. The van der Waals surface area contributed by atoms with E-state index in [2.05, 4.69) is 9.82 Å². The van der Waals surface area contributed by atoms with E-state index < -0.39 is 10.0 Å². The summed E-state index contributed by atoms with van der Waals surface area (Å²) in [5.74, 6) is 0. The number of nitrogens with one attached hydrogen (secondary N) is 1. The smallest absolute Gasteiger partial charge is 0.214 e. The zero-order valence-electron chi connectivity index (χ0n) is 8.26. The van der Waals surface area contributed by atoms with Crippen molar-refractivity contribution in [2.24, 2.45) is 0 Å². The number of aromatic nitrogens is 2. The van der Waals surface area contributed by atoms with Crippen LogP contribution < -0.4 is 10.5 Å². The van der Waals surface area contributed by atoms with Crippen LogP contribution in [0, 0.1) is 0 Å². The summed E-state index contributed by atoms with van der Waals surface area (Å²) >= 11 is 0. The van der Waals surface area contributed by atoms with E-state index in [0.29, 0.717) is 18.8 Å². The standard InChI is InChI=1S/C8H14N4O2S/c9-7-5-10-12(6-7)4-3-11-15(13,14)8-1-2-8/h5-6,8,11H,1-4,9H2. The Labute approximate surface area is 88.5 Å². The zero-order valence-corrected chi connectivity index (χ0v) is 9.07. The van der Waals surface area contributed by atoms with Gasteiger partial charge < -0.3 is 5.73 Å². The molecule has 6 nitrogen and oxygen atoms in total. The highest BCUT2D eigenvalue weighted by molar-refractivity contribution is 7.90. The first-order valence-corrected chi connectivity index (χ1v) is 6.39. The van der Waals surface area contributed by atoms with Gasteiger partial charge in [0.2, 0.25) is 10.0 Å². The molecule has 0 spiro atoms. The van der Waals surface area contributed by atoms with Crippen LogP contribution in [0.3, 0.4) is 0 Å². The molecule has 1 aliphatic carbocycles. The summed E-state index contributed by atoms with van der Waals surface area (Å²) in [6.07, 6.45) is 4.77. The number of hydrogen-bond donors (Lipinski definition) is 2. The molecule has 2 rings (SSSR count). The Morgan fingerprint density at radius 2 is 2.33 bits per heavy atom. The van der Waals surface area contributed by atoms with Crippen molar-refractivity contribution in [2.75, 3.05) is 12.3 Å². The minimum atomic E-state index is -3.07. The predicted molar refractivity (Wildman–Crippen MR) is 56.6 cm³/mol. The molecule has 1 fully saturated rings. The summed E-state index contributed by atoms with van der Waals surface area (Å²) < 4.78 is 27.0. The number of anilines is 1. The second-order valence-electron chi connectivity index (χ2n) is 3.68. The fourth-order valence-corrected chi connectivity index (χ4v) is 2.67. The third kappa shape index (κ3) is 2.69. The largest absolute Gasteiger partial charge is 0.396 e. The summed E-state index contributed by atoms with van der Waals surface area (Å²) in [6, 6.07) is 0. The summed E-state index contributed by atoms with van der Waals surface area (Å²) in [4.78, 5) is 0. The molecular weight excluding hydrogens is 216 g/mol. The number of rotatable bonds is 5. The van der Waals surface area contributed by atoms with Crippen LogP contribution in [0.25, 0.3) is 0 Å². The molecule has 1 heterocycles. The first-order valence-electron chi connectivity index (χ1n) is 4.84. The van der Waals surface area contributed by atoms with E-state index in [4.69, 9.17) is 5.73 Å². The number of sulfonamides is 1. The topological polar surface area (TPSA) is 90.0 Å². The molecule has 1 aliphatic rings. The van der Waals surface area contributed by atoms with Crippen molar-refractivity contribution in [1.82, 2.24) is 14.5 Å². The summed E-state index contributed by atoms with van der Waals surface area (Å²) in [7, 11) is -3.07. The van der Waals surface area contributed by atoms with Gasteiger partial charge in [-0.3, -0.25) is 4.68 Å². The fraction of sp³-hybridized carbons (Fsp3) is 0.625. The highest BCUT2D eigenvalue weighted by Gasteiger charge is 2.35. The normalized spacial score (nSPS) is 16.8. The van der Waals surface area contributed by atoms with Crippen LogP contribution in [0.1, 0.15) is 12.8 Å². The molecule has 7 heteroatoms. The van der Waals surface area contributed by atoms with Gasteiger partial charge in [0.1, 0.15) is 0 Å². The van der Waals surface area contributed by atoms with Gasteiger partial charge in [0.15, 0.2) is 0 Å². The van der Waals surface area contributed by atoms with Gasteiger partial charge in [0.05, 0.1) is 23.7 Å². The molecule has 1 aromatic rings. The molecule has 0 amide bonds. The van der Waals surface area contributed by atoms with Gasteiger partial charge >= 0.3 is 0 Å². The predicted octanol–water partition coefficient (Wildman–Crippen LogP) is -0.453. The molecule has 3 N–H and O–H groups in total. The summed E-state index contributed by atoms with van der Waals surface area (Å²) in [5, 5.41) is 3.79. The van der Waals surface area contributed by atoms with Crippen LogP contribution >= 0.6 is 0 Å². The molecule has 0 atom stereocenters. The molecule has 0 bridgehead atoms. The maximum atomic E-state index is 11.4. The average Bonchev–Trinajstić information content (AvgIpc) is 2.92. The van der Waals surface area contributed by atoms with E-state index in [-0.39, 0.29) is 5.25 Å². The molecule has 84 valence electrons. The number of nitrogen functional groups attached to an aromatic ring is 1. The van der Waals surface area contributed by atoms with E-state index in [0.717, 1.165) is 12.8 Å². The van der Waals surface area contributed by atoms with Crippen LogP contribution in [0.15, 0.2) is 12.4 Å². The molecular formula is C8H14N4O2S. The van der Waals surface area contributed by atoms with Crippen molar-refractivity contribution in [3.8, 4) is 0 Å². The lowest BCUT2D eigenvalue weighted by molar-refractivity contribution is 0.560. The molecule has 1 aromatic heterocycles. The molecule has 0 saturated heterocycles. The maximum Gasteiger partial charge on any atom is 0.214 e. The minimum Gasteiger partial charge on any atom is -0.396 e. The Hall–Kier alpha value is -1.08. The summed E-state index contributed by atoms with van der Waals surface area (Å²) in [6.45, 7) is 0.864. The lowest BCUT2D eigenvalue weighted by Gasteiger charge is -2.04. The van der Waals surface area contributed by atoms with Gasteiger partial charge in [0, 0.05) is 12.7 Å². The van der Waals surface area contributed by atoms with Crippen LogP contribution in [-0.2, 0) is 16.6 Å². The van der Waals surface area contributed by atoms with E-state index in [1.54, 1.807) is 10.9 Å². The molecule has 0 aromatic carbocycles. The van der Waals surface area contributed by atoms with Crippen LogP contribution in [0.2, 0.25) is 0 Å². The molecule has 0 aliphatic heterocycles. The second kappa shape index (κ2) is 3.82. The Morgan fingerprint density at radius 3 is 2.87 bits per heavy atom. The summed E-state index contributed by atoms with van der Waals surface area (Å²) in [5.41, 5.74) is 6.06. The maximum absolute atomic E-state index is 11.4. The van der Waals surface area contributed by atoms with Gasteiger partial charge in [-0.25, -0.2) is 13.1 Å². The number of hydrogen-bond acceptors (Lipinski definition) is 4. The Balaban J connectivity index is 1.79.